The molecule has 0 saturated carbocycles. The molecular weight excluding hydrogens is 448 g/mol. The number of aromatic nitrogens is 1. The summed E-state index contributed by atoms with van der Waals surface area (Å²) in [5.41, 5.74) is 4.30. The monoisotopic (exact) mass is 476 g/mol. The van der Waals surface area contributed by atoms with E-state index in [1.165, 1.54) is 23.8 Å². The number of hydrogen-bond donors (Lipinski definition) is 1. The van der Waals surface area contributed by atoms with Gasteiger partial charge < -0.3 is 19.2 Å². The van der Waals surface area contributed by atoms with Gasteiger partial charge in [0.25, 0.3) is 0 Å². The number of H-pyrrole nitrogens is 1. The Labute approximate surface area is 185 Å². The summed E-state index contributed by atoms with van der Waals surface area (Å²) in [5, 5.41) is 1.17. The number of esters is 1. The van der Waals surface area contributed by atoms with Gasteiger partial charge in [0.05, 0.1) is 44.7 Å². The van der Waals surface area contributed by atoms with E-state index in [0.717, 1.165) is 48.1 Å². The summed E-state index contributed by atoms with van der Waals surface area (Å²) in [5.74, 6) is 1.07. The summed E-state index contributed by atoms with van der Waals surface area (Å²) < 4.78 is 17.0. The van der Waals surface area contributed by atoms with Gasteiger partial charge in [-0.1, -0.05) is 29.3 Å². The van der Waals surface area contributed by atoms with Crippen molar-refractivity contribution >= 4 is 32.8 Å². The van der Waals surface area contributed by atoms with E-state index in [0.29, 0.717) is 11.5 Å². The van der Waals surface area contributed by atoms with E-state index in [-0.39, 0.29) is 17.9 Å². The molecule has 1 N–H and O–H groups in total. The number of benzene rings is 1. The second-order valence-electron chi connectivity index (χ2n) is 8.12. The maximum absolute atomic E-state index is 12.5. The van der Waals surface area contributed by atoms with Crippen LogP contribution in [0.2, 0.25) is 0 Å². The Kier molecular flexibility index (Phi) is 6.11. The van der Waals surface area contributed by atoms with Crippen LogP contribution in [0.1, 0.15) is 37.1 Å². The Morgan fingerprint density at radius 1 is 1.33 bits per heavy atom. The van der Waals surface area contributed by atoms with Gasteiger partial charge in [-0.2, -0.15) is 0 Å². The van der Waals surface area contributed by atoms with E-state index in [4.69, 9.17) is 14.2 Å². The lowest BCUT2D eigenvalue weighted by Crippen LogP contribution is -2.47. The Morgan fingerprint density at radius 3 is 2.80 bits per heavy atom. The molecule has 2 aromatic rings. The number of aromatic amines is 1. The molecule has 1 aromatic heterocycles. The van der Waals surface area contributed by atoms with Crippen LogP contribution in [0.4, 0.5) is 0 Å². The van der Waals surface area contributed by atoms with Crippen LogP contribution in [0.15, 0.2) is 28.4 Å². The molecule has 1 saturated heterocycles. The molecule has 0 amide bonds. The van der Waals surface area contributed by atoms with Gasteiger partial charge in [0, 0.05) is 28.6 Å². The van der Waals surface area contributed by atoms with E-state index in [1.807, 2.05) is 6.07 Å². The van der Waals surface area contributed by atoms with Crippen LogP contribution in [0.3, 0.4) is 0 Å². The molecule has 2 aliphatic heterocycles. The summed E-state index contributed by atoms with van der Waals surface area (Å²) in [6.45, 7) is 4.16. The van der Waals surface area contributed by atoms with Crippen molar-refractivity contribution in [2.45, 2.75) is 32.2 Å². The van der Waals surface area contributed by atoms with Crippen molar-refractivity contribution in [3.8, 4) is 5.75 Å². The fourth-order valence-electron chi connectivity index (χ4n) is 5.32. The molecule has 0 bridgehead atoms. The van der Waals surface area contributed by atoms with Gasteiger partial charge in [0.15, 0.2) is 0 Å². The van der Waals surface area contributed by atoms with Gasteiger partial charge >= 0.3 is 5.97 Å². The van der Waals surface area contributed by atoms with E-state index in [9.17, 15) is 4.79 Å². The van der Waals surface area contributed by atoms with Crippen molar-refractivity contribution in [1.82, 2.24) is 9.88 Å². The van der Waals surface area contributed by atoms with E-state index >= 15 is 0 Å². The Balaban J connectivity index is 1.78. The number of carbonyl (C=O) groups is 1. The first-order valence-corrected chi connectivity index (χ1v) is 11.2. The molecule has 1 fully saturated rings. The van der Waals surface area contributed by atoms with Crippen LogP contribution in [-0.2, 0) is 20.7 Å². The molecule has 3 unspecified atom stereocenters. The number of ether oxygens (including phenoxy) is 3. The van der Waals surface area contributed by atoms with Crippen LogP contribution in [0, 0.1) is 11.8 Å². The second-order valence-corrected chi connectivity index (χ2v) is 9.04. The minimum Gasteiger partial charge on any atom is -0.504 e. The molecule has 6 nitrogen and oxygen atoms in total. The SMILES string of the molecule is CCC1CN2CCc3c([nH]c4cc(Br)cc(OC)c34)C2CC1/C(=C\OC)C(=O)OC. The number of piperidine rings is 1. The lowest BCUT2D eigenvalue weighted by molar-refractivity contribution is -0.137. The van der Waals surface area contributed by atoms with Gasteiger partial charge in [-0.05, 0) is 42.4 Å². The highest BCUT2D eigenvalue weighted by Crippen LogP contribution is 2.47. The maximum atomic E-state index is 12.5. The van der Waals surface area contributed by atoms with Gasteiger partial charge in [0.2, 0.25) is 0 Å². The van der Waals surface area contributed by atoms with Crippen molar-refractivity contribution in [2.75, 3.05) is 34.4 Å². The fourth-order valence-corrected chi connectivity index (χ4v) is 5.76. The standard InChI is InChI=1S/C23H29BrN2O4/c1-5-13-11-26-7-6-15-21-18(8-14(24)9-20(21)29-3)25-22(15)19(26)10-16(13)17(12-28-2)23(27)30-4/h8-9,12-13,16,19,25H,5-7,10-11H2,1-4H3/b17-12+. The predicted molar refractivity (Wildman–Crippen MR) is 120 cm³/mol. The zero-order chi connectivity index (χ0) is 21.4. The molecule has 3 atom stereocenters. The molecule has 162 valence electrons. The summed E-state index contributed by atoms with van der Waals surface area (Å²) in [6, 6.07) is 4.36. The highest BCUT2D eigenvalue weighted by molar-refractivity contribution is 9.10. The third kappa shape index (κ3) is 3.52. The first-order valence-electron chi connectivity index (χ1n) is 10.5. The number of nitrogens with zero attached hydrogens (tertiary/aromatic N) is 1. The molecule has 4 rings (SSSR count). The van der Waals surface area contributed by atoms with Gasteiger partial charge in [-0.25, -0.2) is 4.79 Å². The number of fused-ring (bicyclic) bond motifs is 5. The molecule has 2 aliphatic rings. The number of hydrogen-bond acceptors (Lipinski definition) is 5. The van der Waals surface area contributed by atoms with Crippen molar-refractivity contribution in [1.29, 1.82) is 0 Å². The average Bonchev–Trinajstić information content (AvgIpc) is 3.14. The molecule has 1 aromatic carbocycles. The third-order valence-corrected chi connectivity index (χ3v) is 7.17. The average molecular weight is 477 g/mol. The zero-order valence-electron chi connectivity index (χ0n) is 18.0. The molecule has 3 heterocycles. The number of nitrogens with one attached hydrogen (secondary N) is 1. The minimum absolute atomic E-state index is 0.0923. The van der Waals surface area contributed by atoms with Crippen molar-refractivity contribution < 1.29 is 19.0 Å². The van der Waals surface area contributed by atoms with E-state index in [1.54, 1.807) is 20.5 Å². The summed E-state index contributed by atoms with van der Waals surface area (Å²) >= 11 is 3.59. The van der Waals surface area contributed by atoms with Crippen molar-refractivity contribution in [3.05, 3.63) is 39.7 Å². The molecule has 0 radical (unpaired) electrons. The topological polar surface area (TPSA) is 63.8 Å². The number of rotatable bonds is 5. The Hall–Kier alpha value is -1.99. The van der Waals surface area contributed by atoms with Crippen molar-refractivity contribution in [3.63, 3.8) is 0 Å². The summed E-state index contributed by atoms with van der Waals surface area (Å²) in [4.78, 5) is 18.8. The van der Waals surface area contributed by atoms with Gasteiger partial charge in [-0.15, -0.1) is 0 Å². The lowest BCUT2D eigenvalue weighted by Gasteiger charge is -2.46. The van der Waals surface area contributed by atoms with Crippen LogP contribution < -0.4 is 4.74 Å². The Bertz CT molecular complexity index is 983. The normalized spacial score (nSPS) is 24.3. The fraction of sp³-hybridized carbons (Fsp3) is 0.522. The van der Waals surface area contributed by atoms with Gasteiger partial charge in [-0.3, -0.25) is 4.90 Å². The summed E-state index contributed by atoms with van der Waals surface area (Å²) in [6.07, 6.45) is 4.42. The van der Waals surface area contributed by atoms with E-state index < -0.39 is 0 Å². The third-order valence-electron chi connectivity index (χ3n) is 6.71. The largest absolute Gasteiger partial charge is 0.504 e. The van der Waals surface area contributed by atoms with Crippen LogP contribution >= 0.6 is 15.9 Å². The molecule has 0 aliphatic carbocycles. The zero-order valence-corrected chi connectivity index (χ0v) is 19.5. The van der Waals surface area contributed by atoms with Gasteiger partial charge in [0.1, 0.15) is 5.75 Å². The number of methoxy groups -OCH3 is 3. The number of carbonyl (C=O) groups excluding carboxylic acids is 1. The van der Waals surface area contributed by atoms with Crippen LogP contribution in [-0.4, -0.2) is 50.3 Å². The Morgan fingerprint density at radius 2 is 2.13 bits per heavy atom. The van der Waals surface area contributed by atoms with E-state index in [2.05, 4.69) is 38.8 Å². The van der Waals surface area contributed by atoms with Crippen LogP contribution in [0.25, 0.3) is 10.9 Å². The first kappa shape index (κ1) is 21.2. The molecule has 0 spiro atoms. The smallest absolute Gasteiger partial charge is 0.337 e. The molecular formula is C23H29BrN2O4. The second kappa shape index (κ2) is 8.63. The summed E-state index contributed by atoms with van der Waals surface area (Å²) in [7, 11) is 4.73. The quantitative estimate of drug-likeness (QED) is 0.388. The highest BCUT2D eigenvalue weighted by atomic mass is 79.9. The predicted octanol–water partition coefficient (Wildman–Crippen LogP) is 4.59. The number of halogens is 1. The first-order chi connectivity index (χ1) is 14.5. The van der Waals surface area contributed by atoms with Crippen LogP contribution in [0.5, 0.6) is 5.75 Å². The lowest BCUT2D eigenvalue weighted by atomic mass is 9.74. The molecule has 30 heavy (non-hydrogen) atoms. The van der Waals surface area contributed by atoms with Crippen molar-refractivity contribution in [2.24, 2.45) is 11.8 Å². The maximum Gasteiger partial charge on any atom is 0.337 e. The highest BCUT2D eigenvalue weighted by Gasteiger charge is 2.42. The minimum atomic E-state index is -0.299. The molecule has 7 heteroatoms.